The number of amidine groups is 2. The first-order chi connectivity index (χ1) is 15.3. The molecular weight excluding hydrogens is 428 g/mol. The van der Waals surface area contributed by atoms with Gasteiger partial charge in [0.05, 0.1) is 53.9 Å². The van der Waals surface area contributed by atoms with Gasteiger partial charge in [-0.05, 0) is 48.9 Å². The Morgan fingerprint density at radius 2 is 1.47 bits per heavy atom. The average molecular weight is 458 g/mol. The lowest BCUT2D eigenvalue weighted by Crippen LogP contribution is -2.79. The Bertz CT molecular complexity index is 1060. The molecule has 170 valence electrons. The number of hydrogen-bond donors (Lipinski definition) is 4. The van der Waals surface area contributed by atoms with Gasteiger partial charge in [-0.25, -0.2) is 8.42 Å². The largest absolute Gasteiger partial charge is 0.549 e. The van der Waals surface area contributed by atoms with Crippen LogP contribution in [0.15, 0.2) is 53.4 Å². The third-order valence-corrected chi connectivity index (χ3v) is 6.62. The highest BCUT2D eigenvalue weighted by Crippen LogP contribution is 2.12. The van der Waals surface area contributed by atoms with E-state index in [1.54, 1.807) is 19.1 Å². The lowest BCUT2D eigenvalue weighted by molar-refractivity contribution is -0.464. The number of benzene rings is 2. The maximum Gasteiger partial charge on any atom is 0.274 e. The Labute approximate surface area is 188 Å². The lowest BCUT2D eigenvalue weighted by atomic mass is 10.1. The van der Waals surface area contributed by atoms with Crippen molar-refractivity contribution < 1.29 is 28.3 Å². The van der Waals surface area contributed by atoms with Crippen molar-refractivity contribution in [1.82, 2.24) is 10.6 Å². The third kappa shape index (κ3) is 6.65. The van der Waals surface area contributed by atoms with E-state index in [0.717, 1.165) is 43.4 Å². The molecule has 2 aliphatic heterocycles. The summed E-state index contributed by atoms with van der Waals surface area (Å²) in [6.07, 6.45) is 2.38. The highest BCUT2D eigenvalue weighted by Gasteiger charge is 2.17. The first-order valence-electron chi connectivity index (χ1n) is 10.6. The fourth-order valence-corrected chi connectivity index (χ4v) is 4.54. The van der Waals surface area contributed by atoms with Crippen LogP contribution in [-0.2, 0) is 14.6 Å². The van der Waals surface area contributed by atoms with Crippen molar-refractivity contribution in [3.05, 3.63) is 65.2 Å². The molecule has 0 aliphatic carbocycles. The Hall–Kier alpha value is -3.20. The number of hydrogen-bond acceptors (Lipinski definition) is 6. The molecule has 8 nitrogen and oxygen atoms in total. The first kappa shape index (κ1) is 23.5. The molecule has 2 heterocycles. The normalized spacial score (nSPS) is 15.8. The number of carboxylic acid groups (broad SMARTS) is 1. The first-order valence-corrected chi connectivity index (χ1v) is 12.3. The Kier molecular flexibility index (Phi) is 7.99. The Morgan fingerprint density at radius 3 is 1.88 bits per heavy atom. The topological polar surface area (TPSA) is 126 Å². The number of carboxylic acids is 1. The monoisotopic (exact) mass is 457 g/mol. The number of rotatable bonds is 5. The molecule has 32 heavy (non-hydrogen) atoms. The lowest BCUT2D eigenvalue weighted by Gasteiger charge is -2.10. The number of aryl methyl sites for hydroxylation is 1. The van der Waals surface area contributed by atoms with E-state index in [1.165, 1.54) is 36.1 Å². The number of sulfone groups is 1. The fraction of sp³-hybridized carbons (Fsp3) is 0.348. The van der Waals surface area contributed by atoms with Crippen molar-refractivity contribution in [3.8, 4) is 0 Å². The molecule has 4 rings (SSSR count). The van der Waals surface area contributed by atoms with Crippen LogP contribution >= 0.6 is 0 Å². The highest BCUT2D eigenvalue weighted by molar-refractivity contribution is 7.92. The predicted molar refractivity (Wildman–Crippen MR) is 120 cm³/mol. The molecule has 2 aromatic rings. The molecule has 0 saturated heterocycles. The van der Waals surface area contributed by atoms with E-state index in [-0.39, 0.29) is 4.90 Å². The zero-order valence-corrected chi connectivity index (χ0v) is 18.9. The third-order valence-electron chi connectivity index (χ3n) is 5.03. The molecule has 9 heteroatoms. The van der Waals surface area contributed by atoms with Crippen LogP contribution in [0.25, 0.3) is 0 Å². The molecule has 0 saturated carbocycles. The molecule has 4 N–H and O–H groups in total. The molecule has 0 fully saturated rings. The smallest absolute Gasteiger partial charge is 0.274 e. The van der Waals surface area contributed by atoms with Crippen LogP contribution in [0, 0.1) is 6.92 Å². The van der Waals surface area contributed by atoms with E-state index >= 15 is 0 Å². The zero-order chi connectivity index (χ0) is 23.0. The van der Waals surface area contributed by atoms with Gasteiger partial charge in [-0.2, -0.15) is 0 Å². The van der Waals surface area contributed by atoms with Crippen LogP contribution in [0.5, 0.6) is 0 Å². The summed E-state index contributed by atoms with van der Waals surface area (Å²) in [6.45, 7) is 5.97. The van der Waals surface area contributed by atoms with E-state index in [9.17, 15) is 18.3 Å². The molecule has 0 aromatic heterocycles. The van der Waals surface area contributed by atoms with Gasteiger partial charge in [0, 0.05) is 12.8 Å². The van der Waals surface area contributed by atoms with E-state index < -0.39 is 21.6 Å². The second-order valence-corrected chi connectivity index (χ2v) is 9.68. The van der Waals surface area contributed by atoms with Crippen molar-refractivity contribution in [2.45, 2.75) is 24.7 Å². The summed E-state index contributed by atoms with van der Waals surface area (Å²) in [5.41, 5.74) is 3.23. The molecule has 0 bridgehead atoms. The quantitative estimate of drug-likeness (QED) is 0.376. The molecule has 0 atom stereocenters. The maximum absolute atomic E-state index is 11.4. The number of carbonyl (C=O) groups is 1. The minimum absolute atomic E-state index is 0.0155. The highest BCUT2D eigenvalue weighted by atomic mass is 32.2. The van der Waals surface area contributed by atoms with E-state index in [1.807, 2.05) is 0 Å². The van der Waals surface area contributed by atoms with Crippen molar-refractivity contribution in [2.24, 2.45) is 0 Å². The van der Waals surface area contributed by atoms with Crippen LogP contribution in [0.1, 0.15) is 29.5 Å². The van der Waals surface area contributed by atoms with Crippen LogP contribution < -0.4 is 25.7 Å². The molecule has 0 radical (unpaired) electrons. The maximum atomic E-state index is 11.4. The zero-order valence-electron chi connectivity index (χ0n) is 18.1. The Balaban J connectivity index is 0.000000188. The van der Waals surface area contributed by atoms with Crippen LogP contribution in [-0.4, -0.2) is 58.0 Å². The van der Waals surface area contributed by atoms with Gasteiger partial charge in [-0.1, -0.05) is 12.1 Å². The van der Waals surface area contributed by atoms with Crippen LogP contribution in [0.3, 0.4) is 0 Å². The van der Waals surface area contributed by atoms with Crippen molar-refractivity contribution in [2.75, 3.05) is 31.9 Å². The van der Waals surface area contributed by atoms with Gasteiger partial charge < -0.3 is 9.90 Å². The van der Waals surface area contributed by atoms with E-state index in [2.05, 4.69) is 44.9 Å². The average Bonchev–Trinajstić information content (AvgIpc) is 2.80. The summed E-state index contributed by atoms with van der Waals surface area (Å²) in [5, 5.41) is 17.0. The van der Waals surface area contributed by atoms with Gasteiger partial charge in [0.25, 0.3) is 11.7 Å². The van der Waals surface area contributed by atoms with Crippen molar-refractivity contribution in [1.29, 1.82) is 0 Å². The number of nitrogens with one attached hydrogen (secondary N) is 4. The summed E-state index contributed by atoms with van der Waals surface area (Å²) in [4.78, 5) is 17.0. The molecule has 0 spiro atoms. The minimum atomic E-state index is -3.74. The SMILES string of the molecule is Cc1cccc(S(=O)(=O)CC(=O)[O-])c1.c1cc(C2=[NH+]CCCN2)ccc1C1=[NH+]CCCN1. The number of carbonyl (C=O) groups excluding carboxylic acids is 1. The fourth-order valence-electron chi connectivity index (χ4n) is 3.41. The standard InChI is InChI=1S/C14H18N4.C9H10O4S/c1-7-15-13(16-8-1)11-3-5-12(6-4-11)14-17-9-2-10-18-14;1-7-3-2-4-8(5-7)14(12,13)6-9(10)11/h3-6H,1-2,7-10H2,(H,15,16)(H,17,18);2-5H,6H2,1H3,(H,10,11)/p+1. The molecular formula is C23H29N4O4S+. The van der Waals surface area contributed by atoms with Crippen molar-refractivity contribution >= 4 is 27.5 Å². The molecule has 2 aliphatic rings. The minimum Gasteiger partial charge on any atom is -0.549 e. The second-order valence-electron chi connectivity index (χ2n) is 7.69. The summed E-state index contributed by atoms with van der Waals surface area (Å²) in [7, 11) is -3.74. The summed E-state index contributed by atoms with van der Waals surface area (Å²) in [6, 6.07) is 14.8. The van der Waals surface area contributed by atoms with Gasteiger partial charge in [0.15, 0.2) is 9.84 Å². The van der Waals surface area contributed by atoms with E-state index in [4.69, 9.17) is 0 Å². The van der Waals surface area contributed by atoms with Gasteiger partial charge in [-0.3, -0.25) is 20.6 Å². The molecule has 0 amide bonds. The summed E-state index contributed by atoms with van der Waals surface area (Å²) < 4.78 is 22.7. The van der Waals surface area contributed by atoms with Crippen LogP contribution in [0.4, 0.5) is 0 Å². The molecule has 0 unspecified atom stereocenters. The van der Waals surface area contributed by atoms with Gasteiger partial charge in [0.2, 0.25) is 0 Å². The second kappa shape index (κ2) is 10.9. The Morgan fingerprint density at radius 1 is 0.938 bits per heavy atom. The summed E-state index contributed by atoms with van der Waals surface area (Å²) in [5.74, 6) is -0.257. The van der Waals surface area contributed by atoms with Crippen molar-refractivity contribution in [3.63, 3.8) is 0 Å². The molecule has 2 aromatic carbocycles. The van der Waals surface area contributed by atoms with E-state index in [0.29, 0.717) is 0 Å². The van der Waals surface area contributed by atoms with Gasteiger partial charge in [-0.15, -0.1) is 0 Å². The predicted octanol–water partition coefficient (Wildman–Crippen LogP) is -3.15. The van der Waals surface area contributed by atoms with Gasteiger partial charge >= 0.3 is 0 Å². The summed E-state index contributed by atoms with van der Waals surface area (Å²) >= 11 is 0. The number of aliphatic carboxylic acids is 1. The van der Waals surface area contributed by atoms with Gasteiger partial charge in [0.1, 0.15) is 0 Å². The van der Waals surface area contributed by atoms with Crippen LogP contribution in [0.2, 0.25) is 0 Å².